The fourth-order valence-corrected chi connectivity index (χ4v) is 5.97. The van der Waals surface area contributed by atoms with Gasteiger partial charge in [-0.25, -0.2) is 17.7 Å². The van der Waals surface area contributed by atoms with Gasteiger partial charge < -0.3 is 0 Å². The molecule has 0 unspecified atom stereocenters. The van der Waals surface area contributed by atoms with Crippen molar-refractivity contribution in [1.82, 2.24) is 14.3 Å². The molecule has 1 fully saturated rings. The highest BCUT2D eigenvalue weighted by Gasteiger charge is 2.33. The van der Waals surface area contributed by atoms with E-state index in [0.717, 1.165) is 20.3 Å². The second kappa shape index (κ2) is 8.70. The van der Waals surface area contributed by atoms with Crippen molar-refractivity contribution < 1.29 is 13.2 Å². The van der Waals surface area contributed by atoms with Crippen LogP contribution >= 0.6 is 27.3 Å². The predicted octanol–water partition coefficient (Wildman–Crippen LogP) is 3.66. The van der Waals surface area contributed by atoms with E-state index in [1.54, 1.807) is 17.3 Å². The number of nitrogens with zero attached hydrogens (tertiary/aromatic N) is 4. The molecule has 0 aliphatic carbocycles. The molecule has 0 N–H and O–H groups in total. The van der Waals surface area contributed by atoms with Crippen LogP contribution in [-0.4, -0.2) is 47.9 Å². The van der Waals surface area contributed by atoms with Gasteiger partial charge in [0.05, 0.1) is 23.0 Å². The largest absolute Gasteiger partial charge is 0.283 e. The summed E-state index contributed by atoms with van der Waals surface area (Å²) >= 11 is 4.96. The van der Waals surface area contributed by atoms with Crippen molar-refractivity contribution in [3.63, 3.8) is 0 Å². The second-order valence-electron chi connectivity index (χ2n) is 7.33. The molecule has 3 heterocycles. The predicted molar refractivity (Wildman–Crippen MR) is 122 cm³/mol. The minimum absolute atomic E-state index is 0.0230. The molecule has 4 rings (SSSR count). The Kier molecular flexibility index (Phi) is 6.19. The highest BCUT2D eigenvalue weighted by atomic mass is 79.9. The number of carbonyl (C=O) groups is 1. The van der Waals surface area contributed by atoms with E-state index in [2.05, 4.69) is 20.9 Å². The van der Waals surface area contributed by atoms with E-state index in [4.69, 9.17) is 4.98 Å². The zero-order valence-corrected chi connectivity index (χ0v) is 19.6. The Morgan fingerprint density at radius 2 is 2.07 bits per heavy atom. The zero-order chi connectivity index (χ0) is 21.3. The molecule has 1 aliphatic rings. The van der Waals surface area contributed by atoms with E-state index in [-0.39, 0.29) is 11.8 Å². The Morgan fingerprint density at radius 3 is 2.73 bits per heavy atom. The minimum atomic E-state index is -3.23. The third-order valence-corrected chi connectivity index (χ3v) is 8.01. The van der Waals surface area contributed by atoms with E-state index in [0.29, 0.717) is 37.6 Å². The Morgan fingerprint density at radius 1 is 1.30 bits per heavy atom. The number of pyridine rings is 1. The lowest BCUT2D eigenvalue weighted by Crippen LogP contribution is -2.44. The summed E-state index contributed by atoms with van der Waals surface area (Å²) in [6.45, 7) is 1.10. The molecule has 1 aromatic carbocycles. The van der Waals surface area contributed by atoms with E-state index in [1.807, 2.05) is 30.3 Å². The number of piperidine rings is 1. The Hall–Kier alpha value is -1.88. The summed E-state index contributed by atoms with van der Waals surface area (Å²) in [6.07, 6.45) is 5.67. The third-order valence-electron chi connectivity index (χ3n) is 5.17. The number of amides is 1. The summed E-state index contributed by atoms with van der Waals surface area (Å²) < 4.78 is 27.0. The van der Waals surface area contributed by atoms with Crippen LogP contribution < -0.4 is 4.90 Å². The lowest BCUT2D eigenvalue weighted by molar-refractivity contribution is -0.123. The molecular weight excluding hydrogens is 488 g/mol. The summed E-state index contributed by atoms with van der Waals surface area (Å²) in [5, 5.41) is 0.641. The number of benzene rings is 1. The molecule has 30 heavy (non-hydrogen) atoms. The van der Waals surface area contributed by atoms with Crippen LogP contribution in [0.2, 0.25) is 0 Å². The van der Waals surface area contributed by atoms with Crippen molar-refractivity contribution in [2.45, 2.75) is 19.4 Å². The average Bonchev–Trinajstić information content (AvgIpc) is 3.14. The summed E-state index contributed by atoms with van der Waals surface area (Å²) in [6, 6.07) is 9.63. The first-order valence-corrected chi connectivity index (χ1v) is 13.0. The molecule has 158 valence electrons. The SMILES string of the molecule is CS(=O)(=O)N1CCC(C(=O)N(Cc2cccnc2)c2nc3ccc(Br)cc3s2)CC1. The van der Waals surface area contributed by atoms with Crippen LogP contribution in [0.25, 0.3) is 10.2 Å². The van der Waals surface area contributed by atoms with E-state index in [9.17, 15) is 13.2 Å². The molecule has 1 amide bonds. The van der Waals surface area contributed by atoms with Crippen LogP contribution in [0.1, 0.15) is 18.4 Å². The first-order valence-electron chi connectivity index (χ1n) is 9.53. The highest BCUT2D eigenvalue weighted by molar-refractivity contribution is 9.10. The minimum Gasteiger partial charge on any atom is -0.283 e. The standard InChI is InChI=1S/C20H21BrN4O3S2/c1-30(27,28)24-9-6-15(7-10-24)19(26)25(13-14-3-2-8-22-12-14)20-23-17-5-4-16(21)11-18(17)29-20/h2-5,8,11-12,15H,6-7,9-10,13H2,1H3. The summed E-state index contributed by atoms with van der Waals surface area (Å²) in [4.78, 5) is 24.1. The molecule has 10 heteroatoms. The van der Waals surface area contributed by atoms with Crippen molar-refractivity contribution in [2.24, 2.45) is 5.92 Å². The number of aromatic nitrogens is 2. The van der Waals surface area contributed by atoms with Crippen LogP contribution in [0.3, 0.4) is 0 Å². The zero-order valence-electron chi connectivity index (χ0n) is 16.4. The van der Waals surface area contributed by atoms with Crippen LogP contribution in [0, 0.1) is 5.92 Å². The Labute approximate surface area is 187 Å². The number of carbonyl (C=O) groups excluding carboxylic acids is 1. The molecule has 3 aromatic rings. The summed E-state index contributed by atoms with van der Waals surface area (Å²) in [7, 11) is -3.23. The fourth-order valence-electron chi connectivity index (χ4n) is 3.57. The molecule has 0 atom stereocenters. The maximum absolute atomic E-state index is 13.5. The summed E-state index contributed by atoms with van der Waals surface area (Å²) in [5.41, 5.74) is 1.76. The smallest absolute Gasteiger partial charge is 0.232 e. The number of fused-ring (bicyclic) bond motifs is 1. The van der Waals surface area contributed by atoms with Gasteiger partial charge in [-0.1, -0.05) is 33.3 Å². The van der Waals surface area contributed by atoms with Gasteiger partial charge >= 0.3 is 0 Å². The average molecular weight is 509 g/mol. The maximum Gasteiger partial charge on any atom is 0.232 e. The molecule has 0 saturated carbocycles. The molecular formula is C20H21BrN4O3S2. The van der Waals surface area contributed by atoms with E-state index >= 15 is 0 Å². The van der Waals surface area contributed by atoms with Gasteiger partial charge in [-0.3, -0.25) is 14.7 Å². The number of sulfonamides is 1. The maximum atomic E-state index is 13.5. The van der Waals surface area contributed by atoms with Crippen LogP contribution in [-0.2, 0) is 21.4 Å². The van der Waals surface area contributed by atoms with Crippen LogP contribution in [0.15, 0.2) is 47.2 Å². The van der Waals surface area contributed by atoms with Gasteiger partial charge in [-0.05, 0) is 42.7 Å². The van der Waals surface area contributed by atoms with Gasteiger partial charge in [0.25, 0.3) is 0 Å². The van der Waals surface area contributed by atoms with Gasteiger partial charge in [0.2, 0.25) is 15.9 Å². The van der Waals surface area contributed by atoms with Crippen molar-refractivity contribution >= 4 is 58.5 Å². The van der Waals surface area contributed by atoms with Crippen molar-refractivity contribution in [3.05, 3.63) is 52.8 Å². The van der Waals surface area contributed by atoms with Gasteiger partial charge in [0.1, 0.15) is 0 Å². The molecule has 1 aliphatic heterocycles. The first kappa shape index (κ1) is 21.4. The number of hydrogen-bond donors (Lipinski definition) is 0. The van der Waals surface area contributed by atoms with Gasteiger partial charge in [0.15, 0.2) is 5.13 Å². The second-order valence-corrected chi connectivity index (χ2v) is 11.2. The van der Waals surface area contributed by atoms with Crippen molar-refractivity contribution in [3.8, 4) is 0 Å². The number of hydrogen-bond acceptors (Lipinski definition) is 6. The van der Waals surface area contributed by atoms with E-state index in [1.165, 1.54) is 21.9 Å². The van der Waals surface area contributed by atoms with Crippen molar-refractivity contribution in [2.75, 3.05) is 24.2 Å². The number of thiazole rings is 1. The lowest BCUT2D eigenvalue weighted by Gasteiger charge is -2.32. The Bertz CT molecular complexity index is 1160. The van der Waals surface area contributed by atoms with Gasteiger partial charge in [-0.2, -0.15) is 0 Å². The van der Waals surface area contributed by atoms with E-state index < -0.39 is 10.0 Å². The molecule has 2 aromatic heterocycles. The topological polar surface area (TPSA) is 83.5 Å². The molecule has 7 nitrogen and oxygen atoms in total. The molecule has 1 saturated heterocycles. The highest BCUT2D eigenvalue weighted by Crippen LogP contribution is 2.33. The van der Waals surface area contributed by atoms with Gasteiger partial charge in [-0.15, -0.1) is 0 Å². The molecule has 0 bridgehead atoms. The molecule has 0 spiro atoms. The normalized spacial score (nSPS) is 16.1. The molecule has 0 radical (unpaired) electrons. The first-order chi connectivity index (χ1) is 14.3. The number of anilines is 1. The lowest BCUT2D eigenvalue weighted by atomic mass is 9.96. The van der Waals surface area contributed by atoms with Crippen LogP contribution in [0.4, 0.5) is 5.13 Å². The fraction of sp³-hybridized carbons (Fsp3) is 0.350. The number of halogens is 1. The van der Waals surface area contributed by atoms with Gasteiger partial charge in [0, 0.05) is 35.9 Å². The Balaban J connectivity index is 1.62. The quantitative estimate of drug-likeness (QED) is 0.524. The summed E-state index contributed by atoms with van der Waals surface area (Å²) in [5.74, 6) is -0.261. The van der Waals surface area contributed by atoms with Crippen LogP contribution in [0.5, 0.6) is 0 Å². The third kappa shape index (κ3) is 4.72. The number of rotatable bonds is 5. The monoisotopic (exact) mass is 508 g/mol. The van der Waals surface area contributed by atoms with Crippen molar-refractivity contribution in [1.29, 1.82) is 0 Å².